The van der Waals surface area contributed by atoms with Gasteiger partial charge in [-0.05, 0) is 154 Å². The van der Waals surface area contributed by atoms with Crippen molar-refractivity contribution in [3.63, 3.8) is 0 Å². The van der Waals surface area contributed by atoms with Gasteiger partial charge in [-0.25, -0.2) is 0 Å². The Balaban J connectivity index is 1.00. The fraction of sp³-hybridized carbons (Fsp3) is 0.171. The van der Waals surface area contributed by atoms with Crippen molar-refractivity contribution in [3.05, 3.63) is 258 Å². The Bertz CT molecular complexity index is 3540. The smallest absolute Gasteiger partial charge is 0.0465 e. The van der Waals surface area contributed by atoms with Gasteiger partial charge in [0.05, 0.1) is 0 Å². The maximum absolute atomic E-state index is 2.49. The number of rotatable bonds is 8. The van der Waals surface area contributed by atoms with E-state index in [4.69, 9.17) is 0 Å². The molecule has 0 fully saturated rings. The number of hydrogen-bond acceptors (Lipinski definition) is 1. The van der Waals surface area contributed by atoms with Crippen molar-refractivity contribution in [2.24, 2.45) is 0 Å². The van der Waals surface area contributed by atoms with E-state index < -0.39 is 0 Å². The molecule has 0 N–H and O–H groups in total. The average molecular weight is 916 g/mol. The van der Waals surface area contributed by atoms with Gasteiger partial charge in [-0.15, -0.1) is 0 Å². The summed E-state index contributed by atoms with van der Waals surface area (Å²) in [6.45, 7) is 16.5. The van der Waals surface area contributed by atoms with Crippen LogP contribution in [0.5, 0.6) is 0 Å². The van der Waals surface area contributed by atoms with Crippen molar-refractivity contribution in [2.75, 3.05) is 4.90 Å². The van der Waals surface area contributed by atoms with Crippen LogP contribution in [0, 0.1) is 0 Å². The van der Waals surface area contributed by atoms with Gasteiger partial charge >= 0.3 is 0 Å². The highest BCUT2D eigenvalue weighted by Gasteiger charge is 2.40. The summed E-state index contributed by atoms with van der Waals surface area (Å²) in [6, 6.07) is 75.7. The fourth-order valence-electron chi connectivity index (χ4n) is 11.9. The summed E-state index contributed by atoms with van der Waals surface area (Å²) in [6.07, 6.45) is 9.98. The molecule has 346 valence electrons. The molecule has 9 aromatic rings. The number of anilines is 3. The van der Waals surface area contributed by atoms with Crippen molar-refractivity contribution >= 4 is 17.1 Å². The lowest BCUT2D eigenvalue weighted by Crippen LogP contribution is -2.18. The molecular formula is C70H61N. The molecule has 0 aromatic heterocycles. The van der Waals surface area contributed by atoms with E-state index in [9.17, 15) is 0 Å². The fourth-order valence-corrected chi connectivity index (χ4v) is 11.9. The second-order valence-corrected chi connectivity index (χ2v) is 22.1. The molecule has 3 aliphatic rings. The molecule has 1 heteroatoms. The van der Waals surface area contributed by atoms with E-state index in [0.29, 0.717) is 5.92 Å². The summed E-state index contributed by atoms with van der Waals surface area (Å²) in [7, 11) is 0. The Labute approximate surface area is 421 Å². The van der Waals surface area contributed by atoms with Crippen molar-refractivity contribution in [3.8, 4) is 66.8 Å². The molecule has 0 spiro atoms. The number of allylic oxidation sites excluding steroid dienone is 4. The van der Waals surface area contributed by atoms with Crippen LogP contribution >= 0.6 is 0 Å². The minimum absolute atomic E-state index is 0.0573. The molecule has 0 heterocycles. The highest BCUT2D eigenvalue weighted by atomic mass is 15.1. The molecule has 0 bridgehead atoms. The first-order valence-corrected chi connectivity index (χ1v) is 25.5. The first-order chi connectivity index (χ1) is 34.3. The van der Waals surface area contributed by atoms with Gasteiger partial charge < -0.3 is 4.90 Å². The van der Waals surface area contributed by atoms with E-state index in [1.54, 1.807) is 0 Å². The van der Waals surface area contributed by atoms with Crippen molar-refractivity contribution < 1.29 is 0 Å². The Morgan fingerprint density at radius 3 is 1.51 bits per heavy atom. The second-order valence-electron chi connectivity index (χ2n) is 22.1. The largest absolute Gasteiger partial charge is 0.310 e. The summed E-state index contributed by atoms with van der Waals surface area (Å²) in [5.74, 6) is 0.412. The van der Waals surface area contributed by atoms with Crippen LogP contribution < -0.4 is 4.90 Å². The molecule has 71 heavy (non-hydrogen) atoms. The van der Waals surface area contributed by atoms with Gasteiger partial charge in [0.2, 0.25) is 0 Å². The third kappa shape index (κ3) is 7.62. The van der Waals surface area contributed by atoms with Crippen LogP contribution in [0.2, 0.25) is 0 Å². The molecule has 1 atom stereocenters. The van der Waals surface area contributed by atoms with Gasteiger partial charge in [-0.1, -0.05) is 230 Å². The van der Waals surface area contributed by atoms with Crippen molar-refractivity contribution in [1.29, 1.82) is 0 Å². The Kier molecular flexibility index (Phi) is 10.6. The van der Waals surface area contributed by atoms with Crippen LogP contribution in [0.25, 0.3) is 66.8 Å². The Hall–Kier alpha value is -7.74. The standard InChI is InChI=1S/C70H61N/c1-68(2,3)54-32-27-52(28-33-54)66-58(51-25-23-49(24-26-51)46-17-11-8-12-18-46)41-42-62-67(66)61-40-37-57(45-65(61)69(62,4)5)71(55-34-29-50(30-35-55)47-19-13-9-14-20-47)56-36-39-60-59-38-31-53(48-21-15-10-16-22-48)43-63(59)70(6,7)64(60)44-56/h8-17,19-46H,18H2,1-7H3. The van der Waals surface area contributed by atoms with Crippen LogP contribution in [0.1, 0.15) is 94.2 Å². The predicted octanol–water partition coefficient (Wildman–Crippen LogP) is 19.3. The molecule has 9 aromatic carbocycles. The Morgan fingerprint density at radius 2 is 0.887 bits per heavy atom. The maximum atomic E-state index is 2.49. The van der Waals surface area contributed by atoms with Crippen LogP contribution in [-0.2, 0) is 16.2 Å². The molecule has 12 rings (SSSR count). The number of benzene rings is 9. The van der Waals surface area contributed by atoms with E-state index in [0.717, 1.165) is 23.5 Å². The third-order valence-corrected chi connectivity index (χ3v) is 16.0. The minimum Gasteiger partial charge on any atom is -0.310 e. The van der Waals surface area contributed by atoms with Crippen LogP contribution in [-0.4, -0.2) is 0 Å². The minimum atomic E-state index is -0.259. The summed E-state index contributed by atoms with van der Waals surface area (Å²) < 4.78 is 0. The van der Waals surface area contributed by atoms with Gasteiger partial charge in [0.15, 0.2) is 0 Å². The Morgan fingerprint density at radius 1 is 0.394 bits per heavy atom. The summed E-state index contributed by atoms with van der Waals surface area (Å²) in [5, 5.41) is 0. The normalized spacial score (nSPS) is 15.7. The topological polar surface area (TPSA) is 3.24 Å². The van der Waals surface area contributed by atoms with E-state index >= 15 is 0 Å². The monoisotopic (exact) mass is 915 g/mol. The maximum Gasteiger partial charge on any atom is 0.0465 e. The third-order valence-electron chi connectivity index (χ3n) is 16.0. The SMILES string of the molecule is CC(C)(C)c1ccc(-c2c(-c3ccc(C4C=CC=CC4)cc3)ccc3c2-c2ccc(N(c4ccc(-c5ccccc5)cc4)c4ccc5c(c4)C(C)(C)c4cc(-c6ccccc6)ccc4-5)cc2C3(C)C)cc1. The summed E-state index contributed by atoms with van der Waals surface area (Å²) in [5.41, 5.74) is 26.4. The van der Waals surface area contributed by atoms with E-state index in [1.807, 2.05) is 0 Å². The number of fused-ring (bicyclic) bond motifs is 6. The van der Waals surface area contributed by atoms with Gasteiger partial charge in [0, 0.05) is 33.8 Å². The van der Waals surface area contributed by atoms with Crippen LogP contribution in [0.4, 0.5) is 17.1 Å². The lowest BCUT2D eigenvalue weighted by molar-refractivity contribution is 0.590. The first-order valence-electron chi connectivity index (χ1n) is 25.5. The molecule has 1 unspecified atom stereocenters. The highest BCUT2D eigenvalue weighted by Crippen LogP contribution is 2.57. The molecule has 0 aliphatic heterocycles. The van der Waals surface area contributed by atoms with Crippen LogP contribution in [0.3, 0.4) is 0 Å². The second kappa shape index (κ2) is 17.0. The zero-order chi connectivity index (χ0) is 48.6. The van der Waals surface area contributed by atoms with Gasteiger partial charge in [0.1, 0.15) is 0 Å². The van der Waals surface area contributed by atoms with Gasteiger partial charge in [0.25, 0.3) is 0 Å². The number of hydrogen-bond donors (Lipinski definition) is 0. The molecule has 0 radical (unpaired) electrons. The van der Waals surface area contributed by atoms with E-state index in [1.165, 1.54) is 100 Å². The lowest BCUT2D eigenvalue weighted by atomic mass is 9.80. The van der Waals surface area contributed by atoms with E-state index in [-0.39, 0.29) is 16.2 Å². The molecule has 3 aliphatic carbocycles. The quantitative estimate of drug-likeness (QED) is 0.147. The molecule has 0 amide bonds. The molecule has 1 nitrogen and oxygen atoms in total. The molecule has 0 saturated carbocycles. The predicted molar refractivity (Wildman–Crippen MR) is 302 cm³/mol. The first kappa shape index (κ1) is 44.5. The van der Waals surface area contributed by atoms with Gasteiger partial charge in [-0.3, -0.25) is 0 Å². The zero-order valence-corrected chi connectivity index (χ0v) is 42.1. The van der Waals surface area contributed by atoms with E-state index in [2.05, 4.69) is 278 Å². The van der Waals surface area contributed by atoms with Crippen LogP contribution in [0.15, 0.2) is 224 Å². The summed E-state index contributed by atoms with van der Waals surface area (Å²) in [4.78, 5) is 2.49. The lowest BCUT2D eigenvalue weighted by Gasteiger charge is -2.30. The average Bonchev–Trinajstić information content (AvgIpc) is 3.77. The molecular weight excluding hydrogens is 855 g/mol. The summed E-state index contributed by atoms with van der Waals surface area (Å²) >= 11 is 0. The molecule has 0 saturated heterocycles. The zero-order valence-electron chi connectivity index (χ0n) is 42.1. The highest BCUT2D eigenvalue weighted by molar-refractivity contribution is 6.01. The van der Waals surface area contributed by atoms with Crippen molar-refractivity contribution in [2.45, 2.75) is 77.0 Å². The van der Waals surface area contributed by atoms with Gasteiger partial charge in [-0.2, -0.15) is 0 Å². The van der Waals surface area contributed by atoms with Crippen molar-refractivity contribution in [1.82, 2.24) is 0 Å². The number of nitrogens with zero attached hydrogens (tertiary/aromatic N) is 1.